The van der Waals surface area contributed by atoms with Crippen LogP contribution in [-0.2, 0) is 0 Å². The third kappa shape index (κ3) is 4.81. The molecule has 0 spiro atoms. The van der Waals surface area contributed by atoms with E-state index in [9.17, 15) is 8.78 Å². The Morgan fingerprint density at radius 2 is 1.86 bits per heavy atom. The second-order valence-electron chi connectivity index (χ2n) is 7.87. The van der Waals surface area contributed by atoms with Gasteiger partial charge in [0, 0.05) is 22.7 Å². The van der Waals surface area contributed by atoms with Gasteiger partial charge in [-0.15, -0.1) is 0 Å². The minimum atomic E-state index is -2.73. The number of ether oxygens (including phenoxy) is 1. The smallest absolute Gasteiger partial charge is 0.284 e. The molecule has 1 atom stereocenters. The van der Waals surface area contributed by atoms with Gasteiger partial charge in [-0.25, -0.2) is 13.8 Å². The molecule has 0 fully saturated rings. The fraction of sp³-hybridized carbons (Fsp3) is 0.364. The standard InChI is InChI=1S/C22H25F2N3O/c1-14(12-22(2,3)25)13-28-19-9-8-18(27-20(19)21(23)24)16-10-11-26-17-7-5-4-6-15(16)17/h4-11,14,21H,12-13,25H2,1-3H3. The van der Waals surface area contributed by atoms with Crippen molar-refractivity contribution in [2.45, 2.75) is 39.2 Å². The quantitative estimate of drug-likeness (QED) is 0.593. The van der Waals surface area contributed by atoms with Gasteiger partial charge < -0.3 is 10.5 Å². The minimum absolute atomic E-state index is 0.110. The molecular formula is C22H25F2N3O. The van der Waals surface area contributed by atoms with E-state index in [0.717, 1.165) is 22.9 Å². The summed E-state index contributed by atoms with van der Waals surface area (Å²) in [6, 6.07) is 12.6. The summed E-state index contributed by atoms with van der Waals surface area (Å²) in [5.74, 6) is 0.244. The first-order chi connectivity index (χ1) is 13.2. The molecule has 4 nitrogen and oxygen atoms in total. The van der Waals surface area contributed by atoms with Crippen LogP contribution < -0.4 is 10.5 Å². The van der Waals surface area contributed by atoms with Crippen LogP contribution in [0.25, 0.3) is 22.2 Å². The maximum atomic E-state index is 13.7. The topological polar surface area (TPSA) is 61.0 Å². The molecule has 148 valence electrons. The van der Waals surface area contributed by atoms with Crippen LogP contribution in [0.1, 0.15) is 39.3 Å². The van der Waals surface area contributed by atoms with Crippen LogP contribution in [0.2, 0.25) is 0 Å². The molecule has 2 N–H and O–H groups in total. The van der Waals surface area contributed by atoms with Crippen molar-refractivity contribution >= 4 is 10.9 Å². The van der Waals surface area contributed by atoms with Gasteiger partial charge in [0.15, 0.2) is 0 Å². The Morgan fingerprint density at radius 1 is 1.11 bits per heavy atom. The Kier molecular flexibility index (Phi) is 5.89. The summed E-state index contributed by atoms with van der Waals surface area (Å²) in [4.78, 5) is 8.53. The molecule has 0 bridgehead atoms. The van der Waals surface area contributed by atoms with Crippen molar-refractivity contribution in [1.29, 1.82) is 0 Å². The lowest BCUT2D eigenvalue weighted by molar-refractivity contribution is 0.136. The van der Waals surface area contributed by atoms with Crippen LogP contribution >= 0.6 is 0 Å². The number of benzene rings is 1. The van der Waals surface area contributed by atoms with Crippen LogP contribution in [0.3, 0.4) is 0 Å². The highest BCUT2D eigenvalue weighted by Crippen LogP contribution is 2.33. The van der Waals surface area contributed by atoms with Gasteiger partial charge >= 0.3 is 0 Å². The molecule has 3 aromatic rings. The molecule has 6 heteroatoms. The van der Waals surface area contributed by atoms with Crippen molar-refractivity contribution in [2.75, 3.05) is 6.61 Å². The molecule has 0 amide bonds. The number of para-hydroxylation sites is 1. The summed E-state index contributed by atoms with van der Waals surface area (Å²) >= 11 is 0. The van der Waals surface area contributed by atoms with Crippen LogP contribution in [0.15, 0.2) is 48.7 Å². The van der Waals surface area contributed by atoms with E-state index in [1.807, 2.05) is 45.0 Å². The summed E-state index contributed by atoms with van der Waals surface area (Å²) < 4.78 is 33.0. The van der Waals surface area contributed by atoms with Crippen molar-refractivity contribution in [2.24, 2.45) is 11.7 Å². The Bertz CT molecular complexity index is 949. The van der Waals surface area contributed by atoms with Gasteiger partial charge in [-0.1, -0.05) is 25.1 Å². The average Bonchev–Trinajstić information content (AvgIpc) is 2.64. The summed E-state index contributed by atoms with van der Waals surface area (Å²) in [5.41, 5.74) is 7.36. The molecule has 0 saturated heterocycles. The lowest BCUT2D eigenvalue weighted by Crippen LogP contribution is -2.35. The van der Waals surface area contributed by atoms with E-state index in [2.05, 4.69) is 9.97 Å². The molecule has 3 rings (SSSR count). The highest BCUT2D eigenvalue weighted by molar-refractivity contribution is 5.93. The van der Waals surface area contributed by atoms with Crippen molar-refractivity contribution < 1.29 is 13.5 Å². The fourth-order valence-corrected chi connectivity index (χ4v) is 3.40. The van der Waals surface area contributed by atoms with Gasteiger partial charge in [-0.05, 0) is 50.5 Å². The number of nitrogens with zero attached hydrogens (tertiary/aromatic N) is 2. The second kappa shape index (κ2) is 8.19. The Labute approximate surface area is 163 Å². The van der Waals surface area contributed by atoms with Crippen LogP contribution in [0.5, 0.6) is 5.75 Å². The molecule has 0 aliphatic carbocycles. The average molecular weight is 385 g/mol. The molecule has 0 radical (unpaired) electrons. The normalized spacial score (nSPS) is 13.1. The number of aromatic nitrogens is 2. The molecule has 2 heterocycles. The largest absolute Gasteiger partial charge is 0.491 e. The molecular weight excluding hydrogens is 360 g/mol. The number of halogens is 2. The highest BCUT2D eigenvalue weighted by Gasteiger charge is 2.21. The lowest BCUT2D eigenvalue weighted by Gasteiger charge is -2.23. The van der Waals surface area contributed by atoms with E-state index in [4.69, 9.17) is 10.5 Å². The second-order valence-corrected chi connectivity index (χ2v) is 7.87. The summed E-state index contributed by atoms with van der Waals surface area (Å²) in [7, 11) is 0. The van der Waals surface area contributed by atoms with Gasteiger partial charge in [-0.2, -0.15) is 0 Å². The first kappa shape index (κ1) is 20.1. The maximum absolute atomic E-state index is 13.7. The number of alkyl halides is 2. The molecule has 28 heavy (non-hydrogen) atoms. The van der Waals surface area contributed by atoms with Crippen molar-refractivity contribution in [3.63, 3.8) is 0 Å². The molecule has 1 unspecified atom stereocenters. The van der Waals surface area contributed by atoms with E-state index in [1.54, 1.807) is 24.4 Å². The zero-order valence-electron chi connectivity index (χ0n) is 16.3. The van der Waals surface area contributed by atoms with Crippen molar-refractivity contribution in [3.8, 4) is 17.0 Å². The number of rotatable bonds is 7. The summed E-state index contributed by atoms with van der Waals surface area (Å²) in [6.45, 7) is 6.16. The van der Waals surface area contributed by atoms with Gasteiger partial charge in [0.2, 0.25) is 0 Å². The van der Waals surface area contributed by atoms with Crippen molar-refractivity contribution in [3.05, 3.63) is 54.4 Å². The van der Waals surface area contributed by atoms with E-state index in [1.165, 1.54) is 0 Å². The van der Waals surface area contributed by atoms with E-state index < -0.39 is 6.43 Å². The summed E-state index contributed by atoms with van der Waals surface area (Å²) in [5, 5.41) is 0.866. The van der Waals surface area contributed by atoms with Crippen molar-refractivity contribution in [1.82, 2.24) is 9.97 Å². The first-order valence-corrected chi connectivity index (χ1v) is 9.29. The molecule has 0 aliphatic rings. The number of pyridine rings is 2. The van der Waals surface area contributed by atoms with E-state index >= 15 is 0 Å². The lowest BCUT2D eigenvalue weighted by atomic mass is 9.93. The van der Waals surface area contributed by atoms with Gasteiger partial charge in [0.05, 0.1) is 17.8 Å². The van der Waals surface area contributed by atoms with Gasteiger partial charge in [0.1, 0.15) is 11.4 Å². The van der Waals surface area contributed by atoms with E-state index in [-0.39, 0.29) is 22.9 Å². The fourth-order valence-electron chi connectivity index (χ4n) is 3.40. The Balaban J connectivity index is 1.89. The summed E-state index contributed by atoms with van der Waals surface area (Å²) in [6.07, 6.45) is -0.350. The third-order valence-electron chi connectivity index (χ3n) is 4.42. The number of fused-ring (bicyclic) bond motifs is 1. The van der Waals surface area contributed by atoms with Crippen LogP contribution in [0.4, 0.5) is 8.78 Å². The molecule has 2 aromatic heterocycles. The number of hydrogen-bond donors (Lipinski definition) is 1. The predicted molar refractivity (Wildman–Crippen MR) is 107 cm³/mol. The Morgan fingerprint density at radius 3 is 2.57 bits per heavy atom. The zero-order valence-corrected chi connectivity index (χ0v) is 16.3. The van der Waals surface area contributed by atoms with Gasteiger partial charge in [-0.3, -0.25) is 4.98 Å². The van der Waals surface area contributed by atoms with Gasteiger partial charge in [0.25, 0.3) is 6.43 Å². The maximum Gasteiger partial charge on any atom is 0.284 e. The predicted octanol–water partition coefficient (Wildman–Crippen LogP) is 5.38. The highest BCUT2D eigenvalue weighted by atomic mass is 19.3. The SMILES string of the molecule is CC(COc1ccc(-c2ccnc3ccccc23)nc1C(F)F)CC(C)(C)N. The monoisotopic (exact) mass is 385 g/mol. The molecule has 1 aromatic carbocycles. The van der Waals surface area contributed by atoms with Crippen LogP contribution in [0, 0.1) is 5.92 Å². The van der Waals surface area contributed by atoms with Crippen LogP contribution in [-0.4, -0.2) is 22.1 Å². The Hall–Kier alpha value is -2.60. The third-order valence-corrected chi connectivity index (χ3v) is 4.42. The first-order valence-electron chi connectivity index (χ1n) is 9.29. The molecule has 0 aliphatic heterocycles. The number of nitrogens with two attached hydrogens (primary N) is 1. The minimum Gasteiger partial charge on any atom is -0.491 e. The zero-order chi connectivity index (χ0) is 20.3. The number of hydrogen-bond acceptors (Lipinski definition) is 4. The van der Waals surface area contributed by atoms with E-state index in [0.29, 0.717) is 12.3 Å². The molecule has 0 saturated carbocycles.